The summed E-state index contributed by atoms with van der Waals surface area (Å²) < 4.78 is 46.0. The van der Waals surface area contributed by atoms with E-state index in [4.69, 9.17) is 21.4 Å². The highest BCUT2D eigenvalue weighted by molar-refractivity contribution is 6.32. The Kier molecular flexibility index (Phi) is 8.10. The van der Waals surface area contributed by atoms with Crippen LogP contribution in [0, 0.1) is 6.92 Å². The molecule has 198 valence electrons. The fourth-order valence-corrected chi connectivity index (χ4v) is 3.89. The number of piperazine rings is 1. The zero-order chi connectivity index (χ0) is 26.6. The van der Waals surface area contributed by atoms with Crippen LogP contribution in [0.5, 0.6) is 11.5 Å². The van der Waals surface area contributed by atoms with Gasteiger partial charge in [-0.1, -0.05) is 11.6 Å². The minimum atomic E-state index is -4.85. The van der Waals surface area contributed by atoms with Crippen LogP contribution >= 0.6 is 11.6 Å². The number of nitrogens with one attached hydrogen (secondary N) is 1. The minimum absolute atomic E-state index is 0.00454. The second kappa shape index (κ2) is 11.3. The van der Waals surface area contributed by atoms with Gasteiger partial charge in [0.2, 0.25) is 5.95 Å². The van der Waals surface area contributed by atoms with E-state index in [0.717, 1.165) is 31.3 Å². The number of rotatable bonds is 8. The number of hydrogen-bond donors (Lipinski definition) is 2. The number of nitrogens with zero attached hydrogens (tertiary/aromatic N) is 6. The number of fused-ring (bicyclic) bond motifs is 1. The van der Waals surface area contributed by atoms with E-state index in [-0.39, 0.29) is 23.2 Å². The summed E-state index contributed by atoms with van der Waals surface area (Å²) in [6.07, 6.45) is -3.50. The molecule has 1 saturated heterocycles. The number of amides is 1. The molecule has 15 heteroatoms. The Balaban J connectivity index is 1.37. The molecular formula is C22H23ClF3N7O4. The number of aryl methyl sites for hydroxylation is 1. The van der Waals surface area contributed by atoms with Gasteiger partial charge < -0.3 is 24.8 Å². The lowest BCUT2D eigenvalue weighted by molar-refractivity contribution is -0.274. The first-order chi connectivity index (χ1) is 17.6. The van der Waals surface area contributed by atoms with Crippen LogP contribution in [0.2, 0.25) is 5.02 Å². The first-order valence-corrected chi connectivity index (χ1v) is 11.6. The van der Waals surface area contributed by atoms with Gasteiger partial charge in [0, 0.05) is 38.8 Å². The largest absolute Gasteiger partial charge is 0.573 e. The molecule has 0 atom stereocenters. The monoisotopic (exact) mass is 541 g/mol. The molecule has 3 aromatic rings. The van der Waals surface area contributed by atoms with Crippen molar-refractivity contribution in [2.24, 2.45) is 0 Å². The highest BCUT2D eigenvalue weighted by Crippen LogP contribution is 2.31. The molecule has 2 N–H and O–H groups in total. The van der Waals surface area contributed by atoms with Crippen molar-refractivity contribution in [2.75, 3.05) is 56.2 Å². The van der Waals surface area contributed by atoms with E-state index in [1.807, 2.05) is 4.90 Å². The lowest BCUT2D eigenvalue weighted by atomic mass is 10.3. The number of hydrogen-bond acceptors (Lipinski definition) is 10. The van der Waals surface area contributed by atoms with E-state index in [1.54, 1.807) is 6.92 Å². The molecule has 0 spiro atoms. The topological polar surface area (TPSA) is 126 Å². The van der Waals surface area contributed by atoms with Gasteiger partial charge in [-0.25, -0.2) is 15.0 Å². The molecule has 1 aliphatic heterocycles. The van der Waals surface area contributed by atoms with Crippen LogP contribution in [0.1, 0.15) is 5.69 Å². The first-order valence-electron chi connectivity index (χ1n) is 11.2. The summed E-state index contributed by atoms with van der Waals surface area (Å²) in [4.78, 5) is 34.3. The number of anilines is 2. The lowest BCUT2D eigenvalue weighted by Crippen LogP contribution is -2.47. The Morgan fingerprint density at radius 3 is 2.62 bits per heavy atom. The first kappa shape index (κ1) is 26.6. The van der Waals surface area contributed by atoms with E-state index in [2.05, 4.69) is 34.9 Å². The lowest BCUT2D eigenvalue weighted by Gasteiger charge is -2.34. The van der Waals surface area contributed by atoms with Gasteiger partial charge in [-0.05, 0) is 19.1 Å². The van der Waals surface area contributed by atoms with Crippen molar-refractivity contribution in [1.29, 1.82) is 0 Å². The number of halogens is 4. The Bertz CT molecular complexity index is 1270. The summed E-state index contributed by atoms with van der Waals surface area (Å²) in [5, 5.41) is 11.5. The summed E-state index contributed by atoms with van der Waals surface area (Å²) in [6, 6.07) is 3.12. The number of benzene rings is 1. The van der Waals surface area contributed by atoms with Crippen LogP contribution in [-0.2, 0) is 4.79 Å². The van der Waals surface area contributed by atoms with Gasteiger partial charge in [-0.3, -0.25) is 9.69 Å². The number of carbonyl (C=O) groups is 1. The van der Waals surface area contributed by atoms with Gasteiger partial charge >= 0.3 is 6.36 Å². The maximum Gasteiger partial charge on any atom is 0.573 e. The predicted octanol–water partition coefficient (Wildman–Crippen LogP) is 2.41. The molecule has 1 aliphatic rings. The van der Waals surface area contributed by atoms with E-state index < -0.39 is 24.6 Å². The van der Waals surface area contributed by atoms with Gasteiger partial charge in [0.15, 0.2) is 18.1 Å². The molecule has 0 aliphatic carbocycles. The maximum atomic E-state index is 12.3. The molecule has 0 bridgehead atoms. The third-order valence-corrected chi connectivity index (χ3v) is 5.70. The molecule has 4 rings (SSSR count). The molecule has 1 amide bonds. The van der Waals surface area contributed by atoms with Gasteiger partial charge in [0.05, 0.1) is 23.5 Å². The number of alkyl halides is 3. The molecule has 0 unspecified atom stereocenters. The van der Waals surface area contributed by atoms with Crippen LogP contribution in [-0.4, -0.2) is 88.1 Å². The van der Waals surface area contributed by atoms with E-state index in [0.29, 0.717) is 42.4 Å². The zero-order valence-electron chi connectivity index (χ0n) is 19.6. The fraction of sp³-hybridized carbons (Fsp3) is 0.409. The fourth-order valence-electron chi connectivity index (χ4n) is 3.66. The second-order valence-corrected chi connectivity index (χ2v) is 8.47. The predicted molar refractivity (Wildman–Crippen MR) is 128 cm³/mol. The van der Waals surface area contributed by atoms with Gasteiger partial charge in [0.1, 0.15) is 17.0 Å². The van der Waals surface area contributed by atoms with Crippen molar-refractivity contribution in [3.8, 4) is 11.5 Å². The number of aromatic nitrogens is 4. The van der Waals surface area contributed by atoms with E-state index >= 15 is 0 Å². The molecule has 0 radical (unpaired) electrons. The highest BCUT2D eigenvalue weighted by Gasteiger charge is 2.31. The molecule has 1 aromatic carbocycles. The van der Waals surface area contributed by atoms with Gasteiger partial charge in [0.25, 0.3) is 5.91 Å². The van der Waals surface area contributed by atoms with Crippen molar-refractivity contribution in [1.82, 2.24) is 24.8 Å². The van der Waals surface area contributed by atoms with Crippen molar-refractivity contribution < 1.29 is 32.5 Å². The molecule has 0 saturated carbocycles. The Morgan fingerprint density at radius 1 is 1.19 bits per heavy atom. The molecular weight excluding hydrogens is 519 g/mol. The van der Waals surface area contributed by atoms with Crippen molar-refractivity contribution in [3.63, 3.8) is 0 Å². The average Bonchev–Trinajstić information content (AvgIpc) is 2.83. The average molecular weight is 542 g/mol. The van der Waals surface area contributed by atoms with Crippen LogP contribution in [0.15, 0.2) is 24.4 Å². The number of carbonyl (C=O) groups excluding carboxylic acids is 1. The molecule has 3 heterocycles. The number of aliphatic hydroxyl groups excluding tert-OH is 1. The summed E-state index contributed by atoms with van der Waals surface area (Å²) in [6.45, 7) is 5.05. The van der Waals surface area contributed by atoms with Gasteiger partial charge in [-0.2, -0.15) is 4.98 Å². The third kappa shape index (κ3) is 7.05. The molecule has 37 heavy (non-hydrogen) atoms. The smallest absolute Gasteiger partial charge is 0.482 e. The highest BCUT2D eigenvalue weighted by atomic mass is 35.5. The standard InChI is InChI=1S/C22H23ClF3N7O4/c1-13-19-20(31-21(28-13)33-6-4-32(5-7-33)8-9-34)27-11-17(30-19)29-18(35)12-36-16-3-2-14(10-15(16)23)37-22(24,25)26/h2-3,10-11,34H,4-9,12H2,1H3,(H,29,30,35). The zero-order valence-corrected chi connectivity index (χ0v) is 20.4. The van der Waals surface area contributed by atoms with Crippen LogP contribution in [0.4, 0.5) is 24.9 Å². The normalized spacial score (nSPS) is 14.6. The second-order valence-electron chi connectivity index (χ2n) is 8.07. The van der Waals surface area contributed by atoms with Crippen LogP contribution < -0.4 is 19.7 Å². The summed E-state index contributed by atoms with van der Waals surface area (Å²) in [5.41, 5.74) is 1.39. The number of aliphatic hydroxyl groups is 1. The van der Waals surface area contributed by atoms with Crippen molar-refractivity contribution in [3.05, 3.63) is 35.1 Å². The Hall–Kier alpha value is -3.49. The summed E-state index contributed by atoms with van der Waals surface area (Å²) in [7, 11) is 0. The van der Waals surface area contributed by atoms with E-state index in [9.17, 15) is 18.0 Å². The third-order valence-electron chi connectivity index (χ3n) is 5.40. The Morgan fingerprint density at radius 2 is 1.95 bits per heavy atom. The number of β-amino-alcohol motifs (C(OH)–C–C–N with tert-alkyl or cyclic N) is 1. The molecule has 1 fully saturated rings. The van der Waals surface area contributed by atoms with Crippen molar-refractivity contribution >= 4 is 40.4 Å². The molecule has 11 nitrogen and oxygen atoms in total. The quantitative estimate of drug-likeness (QED) is 0.439. The summed E-state index contributed by atoms with van der Waals surface area (Å²) in [5.74, 6) is -0.401. The maximum absolute atomic E-state index is 12.3. The minimum Gasteiger partial charge on any atom is -0.482 e. The van der Waals surface area contributed by atoms with Gasteiger partial charge in [-0.15, -0.1) is 13.2 Å². The Labute approximate surface area is 214 Å². The summed E-state index contributed by atoms with van der Waals surface area (Å²) >= 11 is 5.92. The van der Waals surface area contributed by atoms with Crippen LogP contribution in [0.25, 0.3) is 11.2 Å². The van der Waals surface area contributed by atoms with Crippen molar-refractivity contribution in [2.45, 2.75) is 13.3 Å². The van der Waals surface area contributed by atoms with Crippen LogP contribution in [0.3, 0.4) is 0 Å². The molecule has 2 aromatic heterocycles. The SMILES string of the molecule is Cc1nc(N2CCN(CCO)CC2)nc2ncc(NC(=O)COc3ccc(OC(F)(F)F)cc3Cl)nc12. The number of ether oxygens (including phenoxy) is 2. The van der Waals surface area contributed by atoms with E-state index in [1.165, 1.54) is 6.20 Å².